The summed E-state index contributed by atoms with van der Waals surface area (Å²) in [6.45, 7) is 1.94. The first kappa shape index (κ1) is 9.58. The second kappa shape index (κ2) is 3.65. The van der Waals surface area contributed by atoms with Crippen molar-refractivity contribution in [1.82, 2.24) is 9.97 Å². The van der Waals surface area contributed by atoms with Crippen LogP contribution in [0.3, 0.4) is 0 Å². The summed E-state index contributed by atoms with van der Waals surface area (Å²) in [6.07, 6.45) is 1.38. The Labute approximate surface area is 86.9 Å². The molecule has 0 saturated carbocycles. The van der Waals surface area contributed by atoms with Crippen LogP contribution in [0.25, 0.3) is 10.9 Å². The van der Waals surface area contributed by atoms with Crippen molar-refractivity contribution in [2.75, 3.05) is 7.11 Å². The summed E-state index contributed by atoms with van der Waals surface area (Å²) in [5.41, 5.74) is 2.11. The highest BCUT2D eigenvalue weighted by Crippen LogP contribution is 2.18. The summed E-state index contributed by atoms with van der Waals surface area (Å²) < 4.78 is 4.66. The van der Waals surface area contributed by atoms with Crippen molar-refractivity contribution in [2.45, 2.75) is 6.92 Å². The zero-order valence-corrected chi connectivity index (χ0v) is 8.52. The average Bonchev–Trinajstić information content (AvgIpc) is 2.28. The largest absolute Gasteiger partial charge is 0.464 e. The minimum absolute atomic E-state index is 0.311. The quantitative estimate of drug-likeness (QED) is 0.661. The normalized spacial score (nSPS) is 10.3. The van der Waals surface area contributed by atoms with Crippen LogP contribution in [-0.4, -0.2) is 23.0 Å². The molecule has 15 heavy (non-hydrogen) atoms. The number of esters is 1. The summed E-state index contributed by atoms with van der Waals surface area (Å²) >= 11 is 0. The Morgan fingerprint density at radius 3 is 2.87 bits per heavy atom. The van der Waals surface area contributed by atoms with Crippen LogP contribution in [0.5, 0.6) is 0 Å². The summed E-state index contributed by atoms with van der Waals surface area (Å²) in [4.78, 5) is 19.5. The second-order valence-electron chi connectivity index (χ2n) is 3.18. The minimum Gasteiger partial charge on any atom is -0.464 e. The molecular formula is C11H10N2O2. The first-order valence-corrected chi connectivity index (χ1v) is 4.52. The third kappa shape index (κ3) is 1.54. The van der Waals surface area contributed by atoms with Crippen LogP contribution in [0.2, 0.25) is 0 Å². The molecule has 0 atom stereocenters. The highest BCUT2D eigenvalue weighted by molar-refractivity contribution is 6.01. The molecule has 4 nitrogen and oxygen atoms in total. The van der Waals surface area contributed by atoms with Crippen molar-refractivity contribution in [3.05, 3.63) is 35.8 Å². The molecule has 76 valence electrons. The first-order chi connectivity index (χ1) is 7.24. The number of aryl methyl sites for hydroxylation is 1. The van der Waals surface area contributed by atoms with Gasteiger partial charge >= 0.3 is 5.97 Å². The number of ether oxygens (including phenoxy) is 1. The number of fused-ring (bicyclic) bond motifs is 1. The zero-order valence-electron chi connectivity index (χ0n) is 8.52. The van der Waals surface area contributed by atoms with Crippen LogP contribution in [0, 0.1) is 6.92 Å². The fourth-order valence-electron chi connectivity index (χ4n) is 1.49. The summed E-state index contributed by atoms with van der Waals surface area (Å²) in [5.74, 6) is -0.437. The lowest BCUT2D eigenvalue weighted by molar-refractivity contribution is 0.0596. The van der Waals surface area contributed by atoms with Gasteiger partial charge in [-0.05, 0) is 12.5 Å². The Morgan fingerprint density at radius 2 is 2.13 bits per heavy atom. The monoisotopic (exact) mass is 202 g/mol. The summed E-state index contributed by atoms with van der Waals surface area (Å²) in [7, 11) is 1.34. The van der Waals surface area contributed by atoms with E-state index in [0.29, 0.717) is 5.69 Å². The van der Waals surface area contributed by atoms with Crippen molar-refractivity contribution in [3.63, 3.8) is 0 Å². The molecule has 0 spiro atoms. The molecule has 0 amide bonds. The molecule has 0 N–H and O–H groups in total. The molecule has 0 aliphatic carbocycles. The van der Waals surface area contributed by atoms with Gasteiger partial charge in [-0.3, -0.25) is 0 Å². The summed E-state index contributed by atoms with van der Waals surface area (Å²) in [6, 6.07) is 5.62. The topological polar surface area (TPSA) is 52.1 Å². The smallest absolute Gasteiger partial charge is 0.357 e. The van der Waals surface area contributed by atoms with Crippen molar-refractivity contribution in [1.29, 1.82) is 0 Å². The number of carbonyl (C=O) groups is 1. The predicted octanol–water partition coefficient (Wildman–Crippen LogP) is 1.72. The first-order valence-electron chi connectivity index (χ1n) is 4.52. The van der Waals surface area contributed by atoms with Gasteiger partial charge < -0.3 is 4.74 Å². The molecule has 0 aliphatic rings. The standard InChI is InChI=1S/C11H10N2O2/c1-7-4-3-5-8-9(7)12-6-13-10(8)11(14)15-2/h3-6H,1-2H3. The van der Waals surface area contributed by atoms with Crippen LogP contribution >= 0.6 is 0 Å². The Bertz CT molecular complexity index is 523. The van der Waals surface area contributed by atoms with E-state index in [4.69, 9.17) is 0 Å². The number of aromatic nitrogens is 2. The third-order valence-corrected chi connectivity index (χ3v) is 2.25. The second-order valence-corrected chi connectivity index (χ2v) is 3.18. The van der Waals surface area contributed by atoms with E-state index < -0.39 is 5.97 Å². The summed E-state index contributed by atoms with van der Waals surface area (Å²) in [5, 5.41) is 0.726. The van der Waals surface area contributed by atoms with Gasteiger partial charge in [0.2, 0.25) is 0 Å². The van der Waals surface area contributed by atoms with Gasteiger partial charge in [0.25, 0.3) is 0 Å². The average molecular weight is 202 g/mol. The maximum Gasteiger partial charge on any atom is 0.357 e. The van der Waals surface area contributed by atoms with Gasteiger partial charge in [-0.15, -0.1) is 0 Å². The van der Waals surface area contributed by atoms with Gasteiger partial charge in [0.15, 0.2) is 5.69 Å². The zero-order chi connectivity index (χ0) is 10.8. The number of rotatable bonds is 1. The van der Waals surface area contributed by atoms with Gasteiger partial charge in [-0.2, -0.15) is 0 Å². The number of hydrogen-bond acceptors (Lipinski definition) is 4. The van der Waals surface area contributed by atoms with Crippen molar-refractivity contribution < 1.29 is 9.53 Å². The van der Waals surface area contributed by atoms with E-state index in [0.717, 1.165) is 16.5 Å². The lowest BCUT2D eigenvalue weighted by atomic mass is 10.1. The fourth-order valence-corrected chi connectivity index (χ4v) is 1.49. The van der Waals surface area contributed by atoms with Gasteiger partial charge in [0, 0.05) is 5.39 Å². The van der Waals surface area contributed by atoms with E-state index >= 15 is 0 Å². The lowest BCUT2D eigenvalue weighted by Gasteiger charge is -2.04. The van der Waals surface area contributed by atoms with E-state index in [-0.39, 0.29) is 0 Å². The molecular weight excluding hydrogens is 192 g/mol. The lowest BCUT2D eigenvalue weighted by Crippen LogP contribution is -2.05. The van der Waals surface area contributed by atoms with Crippen LogP contribution in [0.15, 0.2) is 24.5 Å². The van der Waals surface area contributed by atoms with E-state index in [9.17, 15) is 4.79 Å². The van der Waals surface area contributed by atoms with Gasteiger partial charge in [0.05, 0.1) is 12.6 Å². The van der Waals surface area contributed by atoms with Crippen molar-refractivity contribution in [2.24, 2.45) is 0 Å². The number of methoxy groups -OCH3 is 1. The maximum absolute atomic E-state index is 11.4. The van der Waals surface area contributed by atoms with Crippen LogP contribution in [0.4, 0.5) is 0 Å². The van der Waals surface area contributed by atoms with E-state index in [2.05, 4.69) is 14.7 Å². The molecule has 1 aromatic heterocycles. The SMILES string of the molecule is COC(=O)c1ncnc2c(C)cccc12. The maximum atomic E-state index is 11.4. The number of carbonyl (C=O) groups excluding carboxylic acids is 1. The molecule has 2 rings (SSSR count). The Kier molecular flexibility index (Phi) is 2.33. The molecule has 0 fully saturated rings. The number of para-hydroxylation sites is 1. The highest BCUT2D eigenvalue weighted by atomic mass is 16.5. The molecule has 0 unspecified atom stereocenters. The van der Waals surface area contributed by atoms with E-state index in [1.54, 1.807) is 0 Å². The molecule has 1 aromatic carbocycles. The molecule has 0 aliphatic heterocycles. The van der Waals surface area contributed by atoms with Crippen LogP contribution in [-0.2, 0) is 4.74 Å². The van der Waals surface area contributed by atoms with Crippen molar-refractivity contribution >= 4 is 16.9 Å². The number of benzene rings is 1. The van der Waals surface area contributed by atoms with Crippen LogP contribution < -0.4 is 0 Å². The molecule has 0 saturated heterocycles. The Morgan fingerprint density at radius 1 is 1.33 bits per heavy atom. The molecule has 0 radical (unpaired) electrons. The Hall–Kier alpha value is -1.97. The fraction of sp³-hybridized carbons (Fsp3) is 0.182. The molecule has 2 aromatic rings. The van der Waals surface area contributed by atoms with Gasteiger partial charge in [-0.25, -0.2) is 14.8 Å². The van der Waals surface area contributed by atoms with Crippen LogP contribution in [0.1, 0.15) is 16.1 Å². The number of nitrogens with zero attached hydrogens (tertiary/aromatic N) is 2. The third-order valence-electron chi connectivity index (χ3n) is 2.25. The van der Waals surface area contributed by atoms with Gasteiger partial charge in [-0.1, -0.05) is 18.2 Å². The Balaban J connectivity index is 2.77. The molecule has 4 heteroatoms. The molecule has 1 heterocycles. The highest BCUT2D eigenvalue weighted by Gasteiger charge is 2.12. The van der Waals surface area contributed by atoms with Gasteiger partial charge in [0.1, 0.15) is 6.33 Å². The van der Waals surface area contributed by atoms with E-state index in [1.807, 2.05) is 25.1 Å². The van der Waals surface area contributed by atoms with E-state index in [1.165, 1.54) is 13.4 Å². The predicted molar refractivity (Wildman–Crippen MR) is 55.6 cm³/mol. The minimum atomic E-state index is -0.437. The van der Waals surface area contributed by atoms with Crippen molar-refractivity contribution in [3.8, 4) is 0 Å². The number of hydrogen-bond donors (Lipinski definition) is 0. The molecule has 0 bridgehead atoms.